The molecule has 5 rings (SSSR count). The van der Waals surface area contributed by atoms with Crippen LogP contribution in [0.5, 0.6) is 0 Å². The fraction of sp³-hybridized carbons (Fsp3) is 0.839. The predicted octanol–water partition coefficient (Wildman–Crippen LogP) is 6.72. The molecule has 0 aromatic heterocycles. The molecule has 0 saturated heterocycles. The molecule has 1 unspecified atom stereocenters. The molecular formula is C31H46O4. The van der Waals surface area contributed by atoms with E-state index in [9.17, 15) is 19.5 Å². The van der Waals surface area contributed by atoms with E-state index >= 15 is 0 Å². The van der Waals surface area contributed by atoms with Gasteiger partial charge in [0.05, 0.1) is 11.3 Å². The van der Waals surface area contributed by atoms with E-state index in [1.165, 1.54) is 0 Å². The van der Waals surface area contributed by atoms with Crippen molar-refractivity contribution in [3.63, 3.8) is 0 Å². The zero-order valence-electron chi connectivity index (χ0n) is 22.8. The van der Waals surface area contributed by atoms with Gasteiger partial charge in [0.1, 0.15) is 12.1 Å². The molecule has 1 N–H and O–H groups in total. The van der Waals surface area contributed by atoms with Crippen molar-refractivity contribution in [2.24, 2.45) is 62.6 Å². The molecule has 0 aromatic rings. The highest BCUT2D eigenvalue weighted by Gasteiger charge is 2.72. The SMILES string of the molecule is C=C(C)[C@@H]1CC[C@]2(C(=O)O)CC[C@]3(C)[C@H](CC[C@@H]4[C@@]5(C)CC(C=O)C(=O)C(C)(C)[C@@H]5CC[C@]43C)[C@@H]12. The molecule has 35 heavy (non-hydrogen) atoms. The number of carboxylic acids is 1. The number of rotatable bonds is 3. The van der Waals surface area contributed by atoms with E-state index < -0.39 is 22.7 Å². The number of aliphatic carboxylic acids is 1. The van der Waals surface area contributed by atoms with Gasteiger partial charge in [-0.05, 0) is 111 Å². The Bertz CT molecular complexity index is 980. The minimum absolute atomic E-state index is 0.0469. The number of ketones is 1. The first-order valence-corrected chi connectivity index (χ1v) is 14.1. The Kier molecular flexibility index (Phi) is 5.43. The minimum Gasteiger partial charge on any atom is -0.481 e. The van der Waals surface area contributed by atoms with E-state index in [1.807, 2.05) is 0 Å². The summed E-state index contributed by atoms with van der Waals surface area (Å²) in [5.41, 5.74) is 0.186. The zero-order valence-corrected chi connectivity index (χ0v) is 22.8. The number of carbonyl (C=O) groups is 3. The highest BCUT2D eigenvalue weighted by atomic mass is 16.4. The van der Waals surface area contributed by atoms with Gasteiger partial charge < -0.3 is 9.90 Å². The molecule has 5 fully saturated rings. The number of carbonyl (C=O) groups excluding carboxylic acids is 2. The van der Waals surface area contributed by atoms with Gasteiger partial charge in [0.25, 0.3) is 0 Å². The smallest absolute Gasteiger partial charge is 0.309 e. The second-order valence-electron chi connectivity index (χ2n) is 14.7. The molecule has 5 saturated carbocycles. The second kappa shape index (κ2) is 7.54. The van der Waals surface area contributed by atoms with Crippen LogP contribution >= 0.6 is 0 Å². The normalized spacial score (nSPS) is 52.5. The number of fused-ring (bicyclic) bond motifs is 7. The lowest BCUT2D eigenvalue weighted by Gasteiger charge is -2.72. The first-order valence-electron chi connectivity index (χ1n) is 14.1. The Morgan fingerprint density at radius 3 is 2.23 bits per heavy atom. The highest BCUT2D eigenvalue weighted by Crippen LogP contribution is 2.77. The fourth-order valence-corrected chi connectivity index (χ4v) is 11.7. The molecule has 0 aliphatic heterocycles. The summed E-state index contributed by atoms with van der Waals surface area (Å²) in [6.07, 6.45) is 9.34. The van der Waals surface area contributed by atoms with E-state index in [1.54, 1.807) is 0 Å². The largest absolute Gasteiger partial charge is 0.481 e. The lowest BCUT2D eigenvalue weighted by Crippen LogP contribution is -2.67. The summed E-state index contributed by atoms with van der Waals surface area (Å²) in [6, 6.07) is 0. The van der Waals surface area contributed by atoms with Crippen LogP contribution in [0.1, 0.15) is 99.3 Å². The maximum Gasteiger partial charge on any atom is 0.309 e. The van der Waals surface area contributed by atoms with Gasteiger partial charge in [-0.15, -0.1) is 0 Å². The molecule has 0 aromatic carbocycles. The number of aldehydes is 1. The third-order valence-corrected chi connectivity index (χ3v) is 13.4. The first kappa shape index (κ1) is 25.2. The molecule has 0 bridgehead atoms. The molecule has 4 nitrogen and oxygen atoms in total. The van der Waals surface area contributed by atoms with Crippen molar-refractivity contribution in [2.75, 3.05) is 0 Å². The number of Topliss-reactive ketones (excluding diaryl/α,β-unsaturated/α-hetero) is 1. The number of carboxylic acid groups (broad SMARTS) is 1. The summed E-state index contributed by atoms with van der Waals surface area (Å²) in [5.74, 6) is 0.668. The van der Waals surface area contributed by atoms with Crippen molar-refractivity contribution in [3.05, 3.63) is 12.2 Å². The summed E-state index contributed by atoms with van der Waals surface area (Å²) in [7, 11) is 0. The van der Waals surface area contributed by atoms with Crippen LogP contribution in [0.3, 0.4) is 0 Å². The maximum absolute atomic E-state index is 13.2. The van der Waals surface area contributed by atoms with Crippen molar-refractivity contribution in [3.8, 4) is 0 Å². The molecule has 0 radical (unpaired) electrons. The Morgan fingerprint density at radius 2 is 1.63 bits per heavy atom. The molecule has 10 atom stereocenters. The van der Waals surface area contributed by atoms with Gasteiger partial charge in [0.2, 0.25) is 0 Å². The predicted molar refractivity (Wildman–Crippen MR) is 137 cm³/mol. The maximum atomic E-state index is 13.2. The van der Waals surface area contributed by atoms with Gasteiger partial charge >= 0.3 is 5.97 Å². The number of hydrogen-bond donors (Lipinski definition) is 1. The van der Waals surface area contributed by atoms with Gasteiger partial charge in [-0.25, -0.2) is 0 Å². The van der Waals surface area contributed by atoms with E-state index in [2.05, 4.69) is 48.1 Å². The van der Waals surface area contributed by atoms with Crippen LogP contribution in [-0.2, 0) is 14.4 Å². The standard InChI is InChI=1S/C31H46O4/c1-18(2)20-10-13-31(26(34)35)15-14-29(6)21(24(20)31)8-9-23-28(5)16-19(17-32)25(33)27(3,4)22(28)11-12-30(23,29)7/h17,19-24H,1,8-16H2,2-7H3,(H,34,35)/t19?,20-,21+,22-,23+,24+,28-,29+,30+,31-/m0/s1. The molecule has 0 spiro atoms. The van der Waals surface area contributed by atoms with Crippen LogP contribution in [0.4, 0.5) is 0 Å². The topological polar surface area (TPSA) is 71.4 Å². The summed E-state index contributed by atoms with van der Waals surface area (Å²) in [4.78, 5) is 38.1. The van der Waals surface area contributed by atoms with Crippen LogP contribution in [0.15, 0.2) is 12.2 Å². The minimum atomic E-state index is -0.597. The molecule has 0 heterocycles. The van der Waals surface area contributed by atoms with E-state index in [-0.39, 0.29) is 27.9 Å². The summed E-state index contributed by atoms with van der Waals surface area (Å²) in [6.45, 7) is 18.0. The quantitative estimate of drug-likeness (QED) is 0.275. The van der Waals surface area contributed by atoms with Crippen LogP contribution in [0.2, 0.25) is 0 Å². The number of hydrogen-bond acceptors (Lipinski definition) is 3. The number of allylic oxidation sites excluding steroid dienone is 1. The fourth-order valence-electron chi connectivity index (χ4n) is 11.7. The molecule has 5 aliphatic carbocycles. The third kappa shape index (κ3) is 2.89. The van der Waals surface area contributed by atoms with Crippen molar-refractivity contribution < 1.29 is 19.5 Å². The van der Waals surface area contributed by atoms with Gasteiger partial charge in [-0.3, -0.25) is 9.59 Å². The van der Waals surface area contributed by atoms with Crippen LogP contribution in [0, 0.1) is 62.6 Å². The van der Waals surface area contributed by atoms with Crippen molar-refractivity contribution >= 4 is 18.0 Å². The summed E-state index contributed by atoms with van der Waals surface area (Å²) >= 11 is 0. The van der Waals surface area contributed by atoms with Gasteiger partial charge in [0, 0.05) is 5.41 Å². The van der Waals surface area contributed by atoms with Crippen LogP contribution in [0.25, 0.3) is 0 Å². The van der Waals surface area contributed by atoms with E-state index in [0.717, 1.165) is 63.2 Å². The average molecular weight is 483 g/mol. The summed E-state index contributed by atoms with van der Waals surface area (Å²) in [5, 5.41) is 10.5. The van der Waals surface area contributed by atoms with E-state index in [4.69, 9.17) is 0 Å². The second-order valence-corrected chi connectivity index (χ2v) is 14.7. The first-order chi connectivity index (χ1) is 16.2. The molecule has 0 amide bonds. The molecule has 194 valence electrons. The zero-order chi connectivity index (χ0) is 25.8. The molecular weight excluding hydrogens is 436 g/mol. The Labute approximate surface area is 211 Å². The lowest BCUT2D eigenvalue weighted by atomic mass is 9.32. The van der Waals surface area contributed by atoms with Crippen molar-refractivity contribution in [2.45, 2.75) is 99.3 Å². The average Bonchev–Trinajstić information content (AvgIpc) is 3.18. The monoisotopic (exact) mass is 482 g/mol. The summed E-state index contributed by atoms with van der Waals surface area (Å²) < 4.78 is 0. The third-order valence-electron chi connectivity index (χ3n) is 13.4. The van der Waals surface area contributed by atoms with Gasteiger partial charge in [-0.1, -0.05) is 46.8 Å². The molecule has 5 aliphatic rings. The van der Waals surface area contributed by atoms with Gasteiger partial charge in [0.15, 0.2) is 0 Å². The Hall–Kier alpha value is -1.45. The lowest BCUT2D eigenvalue weighted by molar-refractivity contribution is -0.237. The van der Waals surface area contributed by atoms with Crippen molar-refractivity contribution in [1.29, 1.82) is 0 Å². The van der Waals surface area contributed by atoms with Crippen molar-refractivity contribution in [1.82, 2.24) is 0 Å². The van der Waals surface area contributed by atoms with Crippen LogP contribution < -0.4 is 0 Å². The highest BCUT2D eigenvalue weighted by molar-refractivity contribution is 5.98. The Balaban J connectivity index is 1.58. The van der Waals surface area contributed by atoms with E-state index in [0.29, 0.717) is 30.1 Å². The molecule has 4 heteroatoms. The van der Waals surface area contributed by atoms with Gasteiger partial charge in [-0.2, -0.15) is 0 Å². The van der Waals surface area contributed by atoms with Crippen LogP contribution in [-0.4, -0.2) is 23.1 Å². The Morgan fingerprint density at radius 1 is 0.943 bits per heavy atom.